The van der Waals surface area contributed by atoms with Crippen molar-refractivity contribution in [2.24, 2.45) is 0 Å². The summed E-state index contributed by atoms with van der Waals surface area (Å²) in [7, 11) is 0. The van der Waals surface area contributed by atoms with E-state index in [4.69, 9.17) is 0 Å². The van der Waals surface area contributed by atoms with Gasteiger partial charge in [-0.3, -0.25) is 9.78 Å². The van der Waals surface area contributed by atoms with Crippen molar-refractivity contribution < 1.29 is 4.79 Å². The van der Waals surface area contributed by atoms with Crippen LogP contribution in [0.3, 0.4) is 0 Å². The fourth-order valence-corrected chi connectivity index (χ4v) is 2.20. The van der Waals surface area contributed by atoms with E-state index in [1.807, 2.05) is 42.5 Å². The number of hydrogen-bond acceptors (Lipinski definition) is 4. The summed E-state index contributed by atoms with van der Waals surface area (Å²) in [6, 6.07) is 19.3. The number of benzene rings is 1. The number of carbonyl (C=O) groups is 1. The lowest BCUT2D eigenvalue weighted by Crippen LogP contribution is -2.24. The van der Waals surface area contributed by atoms with Crippen molar-refractivity contribution in [1.82, 2.24) is 15.3 Å². The molecule has 0 radical (unpaired) electrons. The Hall–Kier alpha value is -3.21. The van der Waals surface area contributed by atoms with Crippen molar-refractivity contribution in [2.45, 2.75) is 13.1 Å². The maximum Gasteiger partial charge on any atom is 0.270 e. The molecule has 2 heterocycles. The molecule has 0 aliphatic carbocycles. The Balaban J connectivity index is 1.53. The van der Waals surface area contributed by atoms with E-state index >= 15 is 0 Å². The number of nitrogens with zero attached hydrogens (tertiary/aromatic N) is 2. The van der Waals surface area contributed by atoms with E-state index in [0.717, 1.165) is 11.4 Å². The van der Waals surface area contributed by atoms with Gasteiger partial charge in [0.15, 0.2) is 0 Å². The van der Waals surface area contributed by atoms with E-state index < -0.39 is 0 Å². The molecular weight excluding hydrogens is 300 g/mol. The fourth-order valence-electron chi connectivity index (χ4n) is 2.20. The molecule has 0 bridgehead atoms. The van der Waals surface area contributed by atoms with Gasteiger partial charge in [-0.05, 0) is 29.8 Å². The predicted molar refractivity (Wildman–Crippen MR) is 93.4 cm³/mol. The Kier molecular flexibility index (Phi) is 5.14. The van der Waals surface area contributed by atoms with Gasteiger partial charge < -0.3 is 10.6 Å². The number of rotatable bonds is 6. The van der Waals surface area contributed by atoms with Crippen LogP contribution in [-0.4, -0.2) is 15.9 Å². The van der Waals surface area contributed by atoms with Crippen LogP contribution in [0.25, 0.3) is 0 Å². The van der Waals surface area contributed by atoms with Gasteiger partial charge in [0.1, 0.15) is 5.69 Å². The summed E-state index contributed by atoms with van der Waals surface area (Å²) in [5, 5.41) is 6.09. The highest BCUT2D eigenvalue weighted by atomic mass is 16.1. The summed E-state index contributed by atoms with van der Waals surface area (Å²) >= 11 is 0. The summed E-state index contributed by atoms with van der Waals surface area (Å²) in [4.78, 5) is 20.5. The molecule has 0 saturated carbocycles. The van der Waals surface area contributed by atoms with E-state index in [1.54, 1.807) is 18.5 Å². The van der Waals surface area contributed by atoms with Gasteiger partial charge in [0.25, 0.3) is 5.91 Å². The minimum atomic E-state index is -0.213. The third-order valence-corrected chi connectivity index (χ3v) is 3.49. The number of carbonyl (C=O) groups excluding carboxylic acids is 1. The third kappa shape index (κ3) is 4.39. The molecule has 5 heteroatoms. The van der Waals surface area contributed by atoms with E-state index in [9.17, 15) is 4.79 Å². The zero-order chi connectivity index (χ0) is 16.6. The van der Waals surface area contributed by atoms with Crippen LogP contribution in [0, 0.1) is 0 Å². The van der Waals surface area contributed by atoms with Gasteiger partial charge in [0.05, 0.1) is 24.1 Å². The summed E-state index contributed by atoms with van der Waals surface area (Å²) < 4.78 is 0. The Bertz CT molecular complexity index is 773. The van der Waals surface area contributed by atoms with Crippen molar-refractivity contribution in [2.75, 3.05) is 5.32 Å². The van der Waals surface area contributed by atoms with Gasteiger partial charge >= 0.3 is 0 Å². The molecule has 0 spiro atoms. The van der Waals surface area contributed by atoms with E-state index in [-0.39, 0.29) is 5.91 Å². The van der Waals surface area contributed by atoms with Crippen LogP contribution in [0.1, 0.15) is 21.7 Å². The molecule has 1 amide bonds. The average Bonchev–Trinajstić information content (AvgIpc) is 2.66. The van der Waals surface area contributed by atoms with E-state index in [1.165, 1.54) is 5.56 Å². The zero-order valence-electron chi connectivity index (χ0n) is 13.1. The molecule has 5 nitrogen and oxygen atoms in total. The molecule has 2 N–H and O–H groups in total. The fraction of sp³-hybridized carbons (Fsp3) is 0.105. The molecule has 0 fully saturated rings. The first-order chi connectivity index (χ1) is 11.8. The Morgan fingerprint density at radius 2 is 1.71 bits per heavy atom. The smallest absolute Gasteiger partial charge is 0.270 e. The lowest BCUT2D eigenvalue weighted by atomic mass is 10.2. The third-order valence-electron chi connectivity index (χ3n) is 3.49. The van der Waals surface area contributed by atoms with Crippen LogP contribution < -0.4 is 10.6 Å². The van der Waals surface area contributed by atoms with Crippen LogP contribution >= 0.6 is 0 Å². The number of amides is 1. The summed E-state index contributed by atoms with van der Waals surface area (Å²) in [6.07, 6.45) is 3.37. The Labute approximate surface area is 140 Å². The topological polar surface area (TPSA) is 66.9 Å². The molecular formula is C19H18N4O. The lowest BCUT2D eigenvalue weighted by Gasteiger charge is -2.07. The van der Waals surface area contributed by atoms with Crippen LogP contribution in [-0.2, 0) is 13.1 Å². The number of anilines is 1. The molecule has 1 aromatic carbocycles. The standard InChI is InChI=1S/C19H18N4O/c24-19(23-14-16-8-4-5-11-20-16)18-10-9-17(13-22-18)21-12-15-6-2-1-3-7-15/h1-11,13,21H,12,14H2,(H,23,24). The quantitative estimate of drug-likeness (QED) is 0.733. The average molecular weight is 318 g/mol. The second-order valence-corrected chi connectivity index (χ2v) is 5.28. The summed E-state index contributed by atoms with van der Waals surface area (Å²) in [5.74, 6) is -0.213. The Morgan fingerprint density at radius 1 is 0.875 bits per heavy atom. The normalized spacial score (nSPS) is 10.2. The highest BCUT2D eigenvalue weighted by Gasteiger charge is 2.07. The number of aromatic nitrogens is 2. The summed E-state index contributed by atoms with van der Waals surface area (Å²) in [5.41, 5.74) is 3.26. The van der Waals surface area contributed by atoms with Gasteiger partial charge in [-0.25, -0.2) is 4.98 Å². The minimum Gasteiger partial charge on any atom is -0.380 e. The maximum absolute atomic E-state index is 12.1. The predicted octanol–water partition coefficient (Wildman–Crippen LogP) is 3.02. The van der Waals surface area contributed by atoms with Crippen molar-refractivity contribution >= 4 is 11.6 Å². The van der Waals surface area contributed by atoms with Crippen LogP contribution in [0.15, 0.2) is 73.1 Å². The van der Waals surface area contributed by atoms with E-state index in [2.05, 4.69) is 32.7 Å². The summed E-state index contributed by atoms with van der Waals surface area (Å²) in [6.45, 7) is 1.10. The maximum atomic E-state index is 12.1. The zero-order valence-corrected chi connectivity index (χ0v) is 13.1. The second kappa shape index (κ2) is 7.87. The molecule has 0 aliphatic rings. The van der Waals surface area contributed by atoms with Gasteiger partial charge in [0, 0.05) is 12.7 Å². The van der Waals surface area contributed by atoms with Gasteiger partial charge in [-0.2, -0.15) is 0 Å². The number of pyridine rings is 2. The lowest BCUT2D eigenvalue weighted by molar-refractivity contribution is 0.0945. The van der Waals surface area contributed by atoms with Crippen LogP contribution in [0.4, 0.5) is 5.69 Å². The molecule has 120 valence electrons. The SMILES string of the molecule is O=C(NCc1ccccn1)c1ccc(NCc2ccccc2)cn1. The molecule has 3 rings (SSSR count). The Morgan fingerprint density at radius 3 is 2.42 bits per heavy atom. The largest absolute Gasteiger partial charge is 0.380 e. The first-order valence-corrected chi connectivity index (χ1v) is 7.73. The van der Waals surface area contributed by atoms with Gasteiger partial charge in [0.2, 0.25) is 0 Å². The highest BCUT2D eigenvalue weighted by Crippen LogP contribution is 2.09. The van der Waals surface area contributed by atoms with Crippen molar-refractivity contribution in [3.8, 4) is 0 Å². The van der Waals surface area contributed by atoms with Gasteiger partial charge in [-0.1, -0.05) is 36.4 Å². The molecule has 0 atom stereocenters. The molecule has 24 heavy (non-hydrogen) atoms. The molecule has 2 aromatic heterocycles. The molecule has 0 saturated heterocycles. The second-order valence-electron chi connectivity index (χ2n) is 5.28. The monoisotopic (exact) mass is 318 g/mol. The van der Waals surface area contributed by atoms with Crippen molar-refractivity contribution in [1.29, 1.82) is 0 Å². The van der Waals surface area contributed by atoms with Crippen LogP contribution in [0.2, 0.25) is 0 Å². The first kappa shape index (κ1) is 15.7. The van der Waals surface area contributed by atoms with Gasteiger partial charge in [-0.15, -0.1) is 0 Å². The highest BCUT2D eigenvalue weighted by molar-refractivity contribution is 5.92. The number of hydrogen-bond donors (Lipinski definition) is 2. The molecule has 3 aromatic rings. The van der Waals surface area contributed by atoms with E-state index in [0.29, 0.717) is 18.8 Å². The molecule has 0 aliphatic heterocycles. The van der Waals surface area contributed by atoms with Crippen molar-refractivity contribution in [3.05, 3.63) is 90.0 Å². The first-order valence-electron chi connectivity index (χ1n) is 7.73. The minimum absolute atomic E-state index is 0.213. The molecule has 0 unspecified atom stereocenters. The van der Waals surface area contributed by atoms with Crippen LogP contribution in [0.5, 0.6) is 0 Å². The van der Waals surface area contributed by atoms with Crippen molar-refractivity contribution in [3.63, 3.8) is 0 Å². The number of nitrogens with one attached hydrogen (secondary N) is 2.